The molecule has 0 unspecified atom stereocenters. The van der Waals surface area contributed by atoms with Crippen molar-refractivity contribution in [2.45, 2.75) is 43.9 Å². The number of furan rings is 1. The molecule has 0 radical (unpaired) electrons. The van der Waals surface area contributed by atoms with Gasteiger partial charge in [-0.15, -0.1) is 10.2 Å². The van der Waals surface area contributed by atoms with Crippen molar-refractivity contribution in [1.29, 1.82) is 0 Å². The van der Waals surface area contributed by atoms with E-state index in [1.165, 1.54) is 35.9 Å². The summed E-state index contributed by atoms with van der Waals surface area (Å²) in [5.41, 5.74) is 0.489. The maximum atomic E-state index is 12.3. The Labute approximate surface area is 160 Å². The second kappa shape index (κ2) is 8.68. The number of carbonyl (C=O) groups is 2. The Hall–Kier alpha value is -1.87. The molecule has 9 heteroatoms. The van der Waals surface area contributed by atoms with E-state index in [1.54, 1.807) is 19.9 Å². The molecule has 26 heavy (non-hydrogen) atoms. The Morgan fingerprint density at radius 1 is 1.23 bits per heavy atom. The van der Waals surface area contributed by atoms with Crippen molar-refractivity contribution in [2.24, 2.45) is 0 Å². The van der Waals surface area contributed by atoms with E-state index in [4.69, 9.17) is 4.42 Å². The Morgan fingerprint density at radius 2 is 1.96 bits per heavy atom. The average molecular weight is 395 g/mol. The van der Waals surface area contributed by atoms with Crippen molar-refractivity contribution < 1.29 is 14.0 Å². The molecule has 0 aromatic carbocycles. The van der Waals surface area contributed by atoms with E-state index < -0.39 is 0 Å². The average Bonchev–Trinajstić information content (AvgIpc) is 3.07. The molecule has 3 rings (SSSR count). The number of likely N-dealkylation sites (tertiary alicyclic amines) is 1. The standard InChI is InChI=1S/C17H22N4O3S2/c1-11-9-13(12(2)24-11)15(23)18-16-19-20-17(26-16)25-10-14(22)21-7-5-3-4-6-8-21/h9H,3-8,10H2,1-2H3,(H,18,19,23). The normalized spacial score (nSPS) is 14.9. The van der Waals surface area contributed by atoms with Crippen molar-refractivity contribution in [1.82, 2.24) is 15.1 Å². The van der Waals surface area contributed by atoms with Crippen molar-refractivity contribution in [3.05, 3.63) is 23.2 Å². The molecule has 1 N–H and O–H groups in total. The zero-order chi connectivity index (χ0) is 18.5. The molecule has 2 aromatic heterocycles. The number of rotatable bonds is 5. The number of nitrogens with one attached hydrogen (secondary N) is 1. The van der Waals surface area contributed by atoms with Crippen LogP contribution in [0.1, 0.15) is 47.6 Å². The van der Waals surface area contributed by atoms with Gasteiger partial charge in [0.2, 0.25) is 11.0 Å². The van der Waals surface area contributed by atoms with Crippen LogP contribution in [0.2, 0.25) is 0 Å². The number of carbonyl (C=O) groups excluding carboxylic acids is 2. The van der Waals surface area contributed by atoms with Gasteiger partial charge in [0, 0.05) is 13.1 Å². The minimum absolute atomic E-state index is 0.141. The van der Waals surface area contributed by atoms with Crippen LogP contribution in [0.15, 0.2) is 14.8 Å². The zero-order valence-electron chi connectivity index (χ0n) is 14.9. The van der Waals surface area contributed by atoms with Crippen LogP contribution in [-0.2, 0) is 4.79 Å². The first-order chi connectivity index (χ1) is 12.5. The first-order valence-corrected chi connectivity index (χ1v) is 10.5. The first-order valence-electron chi connectivity index (χ1n) is 8.65. The highest BCUT2D eigenvalue weighted by Crippen LogP contribution is 2.27. The lowest BCUT2D eigenvalue weighted by molar-refractivity contribution is -0.128. The molecule has 1 aliphatic heterocycles. The molecule has 0 bridgehead atoms. The molecule has 1 saturated heterocycles. The summed E-state index contributed by atoms with van der Waals surface area (Å²) in [5.74, 6) is 1.48. The smallest absolute Gasteiger partial charge is 0.261 e. The summed E-state index contributed by atoms with van der Waals surface area (Å²) in [6.07, 6.45) is 4.56. The third-order valence-corrected chi connectivity index (χ3v) is 6.15. The summed E-state index contributed by atoms with van der Waals surface area (Å²) in [6.45, 7) is 5.24. The zero-order valence-corrected chi connectivity index (χ0v) is 16.5. The Morgan fingerprint density at radius 3 is 2.62 bits per heavy atom. The summed E-state index contributed by atoms with van der Waals surface area (Å²) < 4.78 is 6.04. The highest BCUT2D eigenvalue weighted by molar-refractivity contribution is 8.01. The van der Waals surface area contributed by atoms with Crippen molar-refractivity contribution in [2.75, 3.05) is 24.2 Å². The second-order valence-electron chi connectivity index (χ2n) is 6.24. The minimum Gasteiger partial charge on any atom is -0.466 e. The molecule has 1 aliphatic rings. The van der Waals surface area contributed by atoms with Crippen LogP contribution in [0.25, 0.3) is 0 Å². The molecular formula is C17H22N4O3S2. The molecule has 2 amide bonds. The van der Waals surface area contributed by atoms with Crippen LogP contribution in [0, 0.1) is 13.8 Å². The van der Waals surface area contributed by atoms with Crippen LogP contribution in [0.4, 0.5) is 5.13 Å². The van der Waals surface area contributed by atoms with Crippen LogP contribution < -0.4 is 5.32 Å². The summed E-state index contributed by atoms with van der Waals surface area (Å²) in [6, 6.07) is 1.70. The van der Waals surface area contributed by atoms with Gasteiger partial charge in [-0.2, -0.15) is 0 Å². The maximum Gasteiger partial charge on any atom is 0.261 e. The Balaban J connectivity index is 1.52. The lowest BCUT2D eigenvalue weighted by Gasteiger charge is -2.19. The van der Waals surface area contributed by atoms with Gasteiger partial charge in [-0.25, -0.2) is 0 Å². The van der Waals surface area contributed by atoms with Crippen LogP contribution in [-0.4, -0.2) is 45.8 Å². The number of hydrogen-bond acceptors (Lipinski definition) is 7. The first kappa shape index (κ1) is 18.9. The van der Waals surface area contributed by atoms with E-state index in [0.29, 0.717) is 32.3 Å². The topological polar surface area (TPSA) is 88.3 Å². The quantitative estimate of drug-likeness (QED) is 0.617. The molecule has 0 atom stereocenters. The fraction of sp³-hybridized carbons (Fsp3) is 0.529. The fourth-order valence-corrected chi connectivity index (χ4v) is 4.52. The van der Waals surface area contributed by atoms with E-state index in [2.05, 4.69) is 15.5 Å². The Kier molecular flexibility index (Phi) is 6.31. The van der Waals surface area contributed by atoms with E-state index >= 15 is 0 Å². The monoisotopic (exact) mass is 394 g/mol. The van der Waals surface area contributed by atoms with E-state index in [0.717, 1.165) is 25.9 Å². The predicted molar refractivity (Wildman–Crippen MR) is 102 cm³/mol. The molecule has 0 spiro atoms. The van der Waals surface area contributed by atoms with E-state index in [9.17, 15) is 9.59 Å². The third-order valence-electron chi connectivity index (χ3n) is 4.19. The van der Waals surface area contributed by atoms with Crippen molar-refractivity contribution >= 4 is 40.0 Å². The van der Waals surface area contributed by atoms with Gasteiger partial charge in [-0.05, 0) is 32.8 Å². The number of anilines is 1. The molecule has 7 nitrogen and oxygen atoms in total. The van der Waals surface area contributed by atoms with Gasteiger partial charge in [0.15, 0.2) is 4.34 Å². The maximum absolute atomic E-state index is 12.3. The van der Waals surface area contributed by atoms with Gasteiger partial charge in [-0.1, -0.05) is 35.9 Å². The number of aromatic nitrogens is 2. The van der Waals surface area contributed by atoms with Gasteiger partial charge >= 0.3 is 0 Å². The lowest BCUT2D eigenvalue weighted by Crippen LogP contribution is -2.33. The number of thioether (sulfide) groups is 1. The summed E-state index contributed by atoms with van der Waals surface area (Å²) in [7, 11) is 0. The molecule has 0 saturated carbocycles. The molecule has 140 valence electrons. The summed E-state index contributed by atoms with van der Waals surface area (Å²) >= 11 is 2.63. The number of amides is 2. The van der Waals surface area contributed by atoms with Crippen LogP contribution in [0.3, 0.4) is 0 Å². The van der Waals surface area contributed by atoms with E-state index in [1.807, 2.05) is 4.90 Å². The highest BCUT2D eigenvalue weighted by Gasteiger charge is 2.18. The SMILES string of the molecule is Cc1cc(C(=O)Nc2nnc(SCC(=O)N3CCCCCC3)s2)c(C)o1. The summed E-state index contributed by atoms with van der Waals surface area (Å²) in [4.78, 5) is 26.5. The number of nitrogens with zero attached hydrogens (tertiary/aromatic N) is 3. The largest absolute Gasteiger partial charge is 0.466 e. The highest BCUT2D eigenvalue weighted by atomic mass is 32.2. The molecule has 2 aromatic rings. The van der Waals surface area contributed by atoms with Crippen molar-refractivity contribution in [3.63, 3.8) is 0 Å². The van der Waals surface area contributed by atoms with Gasteiger partial charge in [0.1, 0.15) is 11.5 Å². The van der Waals surface area contributed by atoms with Crippen LogP contribution in [0.5, 0.6) is 0 Å². The van der Waals surface area contributed by atoms with Gasteiger partial charge in [0.25, 0.3) is 5.91 Å². The number of aryl methyl sites for hydroxylation is 2. The van der Waals surface area contributed by atoms with Crippen molar-refractivity contribution in [3.8, 4) is 0 Å². The van der Waals surface area contributed by atoms with Gasteiger partial charge in [0.05, 0.1) is 11.3 Å². The van der Waals surface area contributed by atoms with E-state index in [-0.39, 0.29) is 11.8 Å². The third kappa shape index (κ3) is 4.85. The lowest BCUT2D eigenvalue weighted by atomic mass is 10.2. The Bertz CT molecular complexity index is 779. The van der Waals surface area contributed by atoms with Gasteiger partial charge in [-0.3, -0.25) is 14.9 Å². The molecule has 0 aliphatic carbocycles. The minimum atomic E-state index is -0.271. The van der Waals surface area contributed by atoms with Gasteiger partial charge < -0.3 is 9.32 Å². The predicted octanol–water partition coefficient (Wildman–Crippen LogP) is 3.49. The summed E-state index contributed by atoms with van der Waals surface area (Å²) in [5, 5.41) is 11.2. The molecular weight excluding hydrogens is 372 g/mol. The molecule has 1 fully saturated rings. The van der Waals surface area contributed by atoms with Crippen LogP contribution >= 0.6 is 23.1 Å². The second-order valence-corrected chi connectivity index (χ2v) is 8.44. The fourth-order valence-electron chi connectivity index (χ4n) is 2.87. The number of hydrogen-bond donors (Lipinski definition) is 1. The molecule has 3 heterocycles.